The van der Waals surface area contributed by atoms with Gasteiger partial charge >= 0.3 is 6.18 Å². The van der Waals surface area contributed by atoms with Crippen LogP contribution in [0.3, 0.4) is 0 Å². The van der Waals surface area contributed by atoms with Crippen LogP contribution >= 0.6 is 11.6 Å². The van der Waals surface area contributed by atoms with Crippen molar-refractivity contribution in [2.24, 2.45) is 0 Å². The van der Waals surface area contributed by atoms with Gasteiger partial charge in [-0.2, -0.15) is 13.2 Å². The molecule has 0 radical (unpaired) electrons. The number of ether oxygens (including phenoxy) is 1. The van der Waals surface area contributed by atoms with E-state index in [-0.39, 0.29) is 23.2 Å². The van der Waals surface area contributed by atoms with E-state index in [1.165, 1.54) is 24.7 Å². The molecule has 1 N–H and O–H groups in total. The van der Waals surface area contributed by atoms with Gasteiger partial charge in [-0.25, -0.2) is 15.0 Å². The van der Waals surface area contributed by atoms with Crippen LogP contribution in [0.4, 0.5) is 24.7 Å². The number of alkyl halides is 3. The molecular formula is C21H14ClF3N4O. The fraction of sp³-hybridized carbons (Fsp3) is 0.0952. The first kappa shape index (κ1) is 19.9. The fourth-order valence-electron chi connectivity index (χ4n) is 2.86. The van der Waals surface area contributed by atoms with Crippen LogP contribution in [0.2, 0.25) is 5.15 Å². The first-order valence-corrected chi connectivity index (χ1v) is 9.19. The summed E-state index contributed by atoms with van der Waals surface area (Å²) in [5, 5.41) is 3.66. The molecule has 0 bridgehead atoms. The quantitative estimate of drug-likeness (QED) is 0.392. The molecule has 5 nitrogen and oxygen atoms in total. The molecule has 9 heteroatoms. The minimum Gasteiger partial charge on any atom is -0.488 e. The van der Waals surface area contributed by atoms with Gasteiger partial charge in [0.2, 0.25) is 0 Å². The molecule has 0 spiro atoms. The van der Waals surface area contributed by atoms with Crippen LogP contribution in [0.25, 0.3) is 10.9 Å². The molecule has 0 fully saturated rings. The Morgan fingerprint density at radius 1 is 0.967 bits per heavy atom. The molecule has 4 rings (SSSR count). The van der Waals surface area contributed by atoms with Crippen molar-refractivity contribution < 1.29 is 17.9 Å². The second-order valence-electron chi connectivity index (χ2n) is 6.35. The van der Waals surface area contributed by atoms with Gasteiger partial charge in [0.05, 0.1) is 17.3 Å². The number of pyridine rings is 1. The van der Waals surface area contributed by atoms with Gasteiger partial charge in [0.1, 0.15) is 29.7 Å². The van der Waals surface area contributed by atoms with E-state index in [0.717, 1.165) is 11.6 Å². The molecule has 0 saturated heterocycles. The molecule has 0 aliphatic rings. The van der Waals surface area contributed by atoms with Crippen molar-refractivity contribution in [2.45, 2.75) is 12.8 Å². The number of hydrogen-bond acceptors (Lipinski definition) is 5. The highest BCUT2D eigenvalue weighted by atomic mass is 35.5. The zero-order chi connectivity index (χ0) is 21.1. The minimum absolute atomic E-state index is 0.0265. The summed E-state index contributed by atoms with van der Waals surface area (Å²) in [6, 6.07) is 14.3. The summed E-state index contributed by atoms with van der Waals surface area (Å²) in [6.45, 7) is 0.0265. The maximum absolute atomic E-state index is 13.6. The molecular weight excluding hydrogens is 417 g/mol. The summed E-state index contributed by atoms with van der Waals surface area (Å²) in [5.74, 6) is 0.0621. The Balaban J connectivity index is 1.64. The molecule has 0 atom stereocenters. The van der Waals surface area contributed by atoms with E-state index in [1.807, 2.05) is 6.07 Å². The number of rotatable bonds is 5. The lowest BCUT2D eigenvalue weighted by atomic mass is 10.1. The number of anilines is 2. The Bertz CT molecular complexity index is 1190. The summed E-state index contributed by atoms with van der Waals surface area (Å²) >= 11 is 5.93. The van der Waals surface area contributed by atoms with Crippen LogP contribution in [-0.4, -0.2) is 15.0 Å². The maximum Gasteiger partial charge on any atom is 0.420 e. The topological polar surface area (TPSA) is 59.9 Å². The van der Waals surface area contributed by atoms with Gasteiger partial charge in [0.25, 0.3) is 0 Å². The lowest BCUT2D eigenvalue weighted by Gasteiger charge is -2.16. The van der Waals surface area contributed by atoms with Crippen LogP contribution in [-0.2, 0) is 12.8 Å². The zero-order valence-corrected chi connectivity index (χ0v) is 16.1. The fourth-order valence-corrected chi connectivity index (χ4v) is 3.02. The number of benzene rings is 2. The molecule has 2 aromatic heterocycles. The van der Waals surface area contributed by atoms with E-state index in [9.17, 15) is 13.2 Å². The Morgan fingerprint density at radius 2 is 1.77 bits per heavy atom. The Morgan fingerprint density at radius 3 is 2.53 bits per heavy atom. The molecule has 0 amide bonds. The normalized spacial score (nSPS) is 11.5. The number of nitrogens with zero attached hydrogens (tertiary/aromatic N) is 3. The number of aromatic nitrogens is 3. The van der Waals surface area contributed by atoms with Gasteiger partial charge in [-0.15, -0.1) is 0 Å². The number of halogens is 4. The molecule has 0 aliphatic carbocycles. The van der Waals surface area contributed by atoms with Crippen molar-refractivity contribution in [3.05, 3.63) is 83.4 Å². The van der Waals surface area contributed by atoms with Gasteiger partial charge in [-0.05, 0) is 29.8 Å². The summed E-state index contributed by atoms with van der Waals surface area (Å²) in [7, 11) is 0. The van der Waals surface area contributed by atoms with Crippen molar-refractivity contribution in [3.8, 4) is 5.75 Å². The van der Waals surface area contributed by atoms with Gasteiger partial charge in [-0.1, -0.05) is 41.9 Å². The summed E-state index contributed by atoms with van der Waals surface area (Å²) < 4.78 is 46.4. The van der Waals surface area contributed by atoms with Gasteiger partial charge in [0.15, 0.2) is 0 Å². The monoisotopic (exact) mass is 430 g/mol. The van der Waals surface area contributed by atoms with Crippen molar-refractivity contribution in [1.82, 2.24) is 15.0 Å². The standard InChI is InChI=1S/C21H14ClF3N4O/c22-19-9-15-17(10-26-19)27-12-28-20(15)29-14-6-7-18(16(8-14)21(23,24)25)30-11-13-4-2-1-3-5-13/h1-10,12H,11H2,(H,27,28,29). The van der Waals surface area contributed by atoms with Crippen LogP contribution < -0.4 is 10.1 Å². The van der Waals surface area contributed by atoms with E-state index in [1.54, 1.807) is 30.3 Å². The van der Waals surface area contributed by atoms with Crippen LogP contribution in [0.15, 0.2) is 67.1 Å². The van der Waals surface area contributed by atoms with E-state index in [2.05, 4.69) is 20.3 Å². The smallest absolute Gasteiger partial charge is 0.420 e. The lowest BCUT2D eigenvalue weighted by molar-refractivity contribution is -0.139. The Hall–Kier alpha value is -3.39. The Labute approximate surface area is 174 Å². The third kappa shape index (κ3) is 4.44. The second-order valence-corrected chi connectivity index (χ2v) is 6.74. The molecule has 30 heavy (non-hydrogen) atoms. The summed E-state index contributed by atoms with van der Waals surface area (Å²) in [6.07, 6.45) is -1.83. The largest absolute Gasteiger partial charge is 0.488 e. The molecule has 4 aromatic rings. The number of fused-ring (bicyclic) bond motifs is 1. The number of nitrogens with one attached hydrogen (secondary N) is 1. The molecule has 0 saturated carbocycles. The highest BCUT2D eigenvalue weighted by Gasteiger charge is 2.35. The molecule has 0 aliphatic heterocycles. The van der Waals surface area contributed by atoms with Gasteiger partial charge in [0, 0.05) is 11.1 Å². The van der Waals surface area contributed by atoms with Crippen molar-refractivity contribution >= 4 is 34.0 Å². The average molecular weight is 431 g/mol. The summed E-state index contributed by atoms with van der Waals surface area (Å²) in [4.78, 5) is 12.1. The van der Waals surface area contributed by atoms with Crippen molar-refractivity contribution in [2.75, 3.05) is 5.32 Å². The van der Waals surface area contributed by atoms with E-state index in [0.29, 0.717) is 16.7 Å². The summed E-state index contributed by atoms with van der Waals surface area (Å²) in [5.41, 5.74) is 0.588. The van der Waals surface area contributed by atoms with Gasteiger partial charge < -0.3 is 10.1 Å². The minimum atomic E-state index is -4.59. The average Bonchev–Trinajstić information content (AvgIpc) is 2.73. The predicted molar refractivity (Wildman–Crippen MR) is 108 cm³/mol. The van der Waals surface area contributed by atoms with Crippen LogP contribution in [0, 0.1) is 0 Å². The lowest BCUT2D eigenvalue weighted by Crippen LogP contribution is -2.09. The molecule has 152 valence electrons. The highest BCUT2D eigenvalue weighted by Crippen LogP contribution is 2.39. The third-order valence-electron chi connectivity index (χ3n) is 4.27. The van der Waals surface area contributed by atoms with E-state index in [4.69, 9.17) is 16.3 Å². The molecule has 2 heterocycles. The SMILES string of the molecule is FC(F)(F)c1cc(Nc2ncnc3cnc(Cl)cc23)ccc1OCc1ccccc1. The molecule has 0 unspecified atom stereocenters. The van der Waals surface area contributed by atoms with Crippen LogP contribution in [0.1, 0.15) is 11.1 Å². The van der Waals surface area contributed by atoms with E-state index < -0.39 is 11.7 Å². The number of hydrogen-bond donors (Lipinski definition) is 1. The Kier molecular flexibility index (Phi) is 5.41. The van der Waals surface area contributed by atoms with E-state index >= 15 is 0 Å². The van der Waals surface area contributed by atoms with Gasteiger partial charge in [-0.3, -0.25) is 0 Å². The maximum atomic E-state index is 13.6. The first-order valence-electron chi connectivity index (χ1n) is 8.81. The zero-order valence-electron chi connectivity index (χ0n) is 15.3. The van der Waals surface area contributed by atoms with Crippen molar-refractivity contribution in [3.63, 3.8) is 0 Å². The second kappa shape index (κ2) is 8.16. The first-order chi connectivity index (χ1) is 14.4. The third-order valence-corrected chi connectivity index (χ3v) is 4.48. The highest BCUT2D eigenvalue weighted by molar-refractivity contribution is 6.30. The molecule has 2 aromatic carbocycles. The van der Waals surface area contributed by atoms with Crippen molar-refractivity contribution in [1.29, 1.82) is 0 Å². The van der Waals surface area contributed by atoms with Crippen LogP contribution in [0.5, 0.6) is 5.75 Å². The predicted octanol–water partition coefficient (Wildman–Crippen LogP) is 6.02.